The number of rotatable bonds is 3. The highest BCUT2D eigenvalue weighted by atomic mass is 35.5. The Balaban J connectivity index is 2.22. The van der Waals surface area contributed by atoms with E-state index in [1.807, 2.05) is 18.9 Å². The van der Waals surface area contributed by atoms with Crippen LogP contribution in [0.1, 0.15) is 11.1 Å². The van der Waals surface area contributed by atoms with Crippen molar-refractivity contribution in [2.24, 2.45) is 0 Å². The van der Waals surface area contributed by atoms with Crippen molar-refractivity contribution >= 4 is 23.0 Å². The molecular weight excluding hydrogens is 263 g/mol. The third kappa shape index (κ3) is 3.18. The first kappa shape index (κ1) is 13.7. The average Bonchev–Trinajstić information content (AvgIpc) is 2.36. The third-order valence-electron chi connectivity index (χ3n) is 3.02. The number of nitrogens with two attached hydrogens (primary N) is 1. The largest absolute Gasteiger partial charge is 0.397 e. The molecule has 0 amide bonds. The third-order valence-corrected chi connectivity index (χ3v) is 3.31. The lowest BCUT2D eigenvalue weighted by atomic mass is 10.1. The Hall–Kier alpha value is -1.74. The Kier molecular flexibility index (Phi) is 3.96. The maximum atomic E-state index is 13.3. The number of hydrogen-bond donors (Lipinski definition) is 1. The van der Waals surface area contributed by atoms with Crippen LogP contribution < -0.4 is 10.6 Å². The predicted molar refractivity (Wildman–Crippen MR) is 79.1 cm³/mol. The van der Waals surface area contributed by atoms with Gasteiger partial charge >= 0.3 is 0 Å². The van der Waals surface area contributed by atoms with Crippen molar-refractivity contribution in [2.45, 2.75) is 13.5 Å². The number of aryl methyl sites for hydroxylation is 1. The monoisotopic (exact) mass is 278 g/mol. The Morgan fingerprint density at radius 1 is 1.21 bits per heavy atom. The SMILES string of the molecule is Cc1ccc(CN(C)c2cc(Cl)c(F)cc2N)cc1. The van der Waals surface area contributed by atoms with Gasteiger partial charge in [0.2, 0.25) is 0 Å². The van der Waals surface area contributed by atoms with E-state index >= 15 is 0 Å². The number of anilines is 2. The van der Waals surface area contributed by atoms with Crippen molar-refractivity contribution in [2.75, 3.05) is 17.7 Å². The van der Waals surface area contributed by atoms with Crippen LogP contribution in [-0.4, -0.2) is 7.05 Å². The van der Waals surface area contributed by atoms with Crippen LogP contribution in [0.4, 0.5) is 15.8 Å². The molecule has 0 saturated heterocycles. The summed E-state index contributed by atoms with van der Waals surface area (Å²) in [5, 5.41) is 0.0833. The van der Waals surface area contributed by atoms with E-state index in [-0.39, 0.29) is 5.02 Å². The van der Waals surface area contributed by atoms with Gasteiger partial charge in [-0.2, -0.15) is 0 Å². The Bertz CT molecular complexity index is 581. The fraction of sp³-hybridized carbons (Fsp3) is 0.200. The first-order valence-electron chi connectivity index (χ1n) is 5.98. The fourth-order valence-corrected chi connectivity index (χ4v) is 2.09. The van der Waals surface area contributed by atoms with Crippen LogP contribution in [0.2, 0.25) is 5.02 Å². The lowest BCUT2D eigenvalue weighted by Crippen LogP contribution is -2.18. The first-order valence-corrected chi connectivity index (χ1v) is 6.36. The van der Waals surface area contributed by atoms with Crippen LogP contribution in [0, 0.1) is 12.7 Å². The molecule has 19 heavy (non-hydrogen) atoms. The molecular formula is C15H16ClFN2. The highest BCUT2D eigenvalue weighted by molar-refractivity contribution is 6.31. The van der Waals surface area contributed by atoms with Gasteiger partial charge in [-0.25, -0.2) is 4.39 Å². The zero-order chi connectivity index (χ0) is 14.0. The molecule has 2 rings (SSSR count). The van der Waals surface area contributed by atoms with Crippen LogP contribution in [0.3, 0.4) is 0 Å². The molecule has 2 nitrogen and oxygen atoms in total. The Labute approximate surface area is 117 Å². The maximum Gasteiger partial charge on any atom is 0.143 e. The van der Waals surface area contributed by atoms with Crippen molar-refractivity contribution in [3.8, 4) is 0 Å². The van der Waals surface area contributed by atoms with E-state index in [1.54, 1.807) is 6.07 Å². The number of nitrogens with zero attached hydrogens (tertiary/aromatic N) is 1. The Morgan fingerprint density at radius 3 is 2.47 bits per heavy atom. The number of hydrogen-bond acceptors (Lipinski definition) is 2. The predicted octanol–water partition coefficient (Wildman–Crippen LogP) is 4.01. The summed E-state index contributed by atoms with van der Waals surface area (Å²) in [5.74, 6) is -0.494. The normalized spacial score (nSPS) is 10.5. The van der Waals surface area contributed by atoms with E-state index in [2.05, 4.69) is 24.3 Å². The number of nitrogen functional groups attached to an aromatic ring is 1. The second kappa shape index (κ2) is 5.49. The minimum Gasteiger partial charge on any atom is -0.397 e. The van der Waals surface area contributed by atoms with Crippen LogP contribution in [0.15, 0.2) is 36.4 Å². The lowest BCUT2D eigenvalue weighted by Gasteiger charge is -2.21. The summed E-state index contributed by atoms with van der Waals surface area (Å²) in [6.07, 6.45) is 0. The molecule has 2 aromatic rings. The molecule has 0 aliphatic rings. The van der Waals surface area contributed by atoms with Crippen molar-refractivity contribution in [3.05, 3.63) is 58.4 Å². The molecule has 0 aromatic heterocycles. The van der Waals surface area contributed by atoms with Crippen molar-refractivity contribution in [1.29, 1.82) is 0 Å². The molecule has 2 aromatic carbocycles. The fourth-order valence-electron chi connectivity index (χ4n) is 1.93. The zero-order valence-corrected chi connectivity index (χ0v) is 11.7. The summed E-state index contributed by atoms with van der Waals surface area (Å²) >= 11 is 5.80. The Morgan fingerprint density at radius 2 is 1.84 bits per heavy atom. The summed E-state index contributed by atoms with van der Waals surface area (Å²) in [4.78, 5) is 1.95. The van der Waals surface area contributed by atoms with Gasteiger partial charge in [-0.05, 0) is 18.6 Å². The van der Waals surface area contributed by atoms with Crippen LogP contribution in [0.25, 0.3) is 0 Å². The van der Waals surface area contributed by atoms with E-state index in [0.717, 1.165) is 11.3 Å². The first-order chi connectivity index (χ1) is 8.97. The summed E-state index contributed by atoms with van der Waals surface area (Å²) in [5.41, 5.74) is 9.32. The second-order valence-electron chi connectivity index (χ2n) is 4.67. The summed E-state index contributed by atoms with van der Waals surface area (Å²) in [7, 11) is 1.90. The summed E-state index contributed by atoms with van der Waals surface area (Å²) in [6, 6.07) is 11.1. The zero-order valence-electron chi connectivity index (χ0n) is 11.0. The van der Waals surface area contributed by atoms with E-state index in [1.165, 1.54) is 11.6 Å². The molecule has 2 N–H and O–H groups in total. The van der Waals surface area contributed by atoms with E-state index in [0.29, 0.717) is 12.2 Å². The van der Waals surface area contributed by atoms with E-state index < -0.39 is 5.82 Å². The molecule has 0 unspecified atom stereocenters. The molecule has 0 atom stereocenters. The number of halogens is 2. The molecule has 0 radical (unpaired) electrons. The van der Waals surface area contributed by atoms with Crippen LogP contribution in [-0.2, 0) is 6.54 Å². The maximum absolute atomic E-state index is 13.3. The summed E-state index contributed by atoms with van der Waals surface area (Å²) < 4.78 is 13.3. The van der Waals surface area contributed by atoms with E-state index in [4.69, 9.17) is 17.3 Å². The highest BCUT2D eigenvalue weighted by Crippen LogP contribution is 2.29. The molecule has 0 aliphatic carbocycles. The quantitative estimate of drug-likeness (QED) is 0.860. The van der Waals surface area contributed by atoms with Gasteiger partial charge in [-0.15, -0.1) is 0 Å². The molecule has 0 bridgehead atoms. The minimum absolute atomic E-state index is 0.0833. The minimum atomic E-state index is -0.494. The molecule has 0 aliphatic heterocycles. The smallest absolute Gasteiger partial charge is 0.143 e. The van der Waals surface area contributed by atoms with Gasteiger partial charge in [0.25, 0.3) is 0 Å². The van der Waals surface area contributed by atoms with Gasteiger partial charge in [0.15, 0.2) is 0 Å². The van der Waals surface area contributed by atoms with Gasteiger partial charge in [0, 0.05) is 19.7 Å². The molecule has 0 spiro atoms. The average molecular weight is 279 g/mol. The molecule has 100 valence electrons. The van der Waals surface area contributed by atoms with Gasteiger partial charge < -0.3 is 10.6 Å². The van der Waals surface area contributed by atoms with Crippen LogP contribution in [0.5, 0.6) is 0 Å². The van der Waals surface area contributed by atoms with E-state index in [9.17, 15) is 4.39 Å². The van der Waals surface area contributed by atoms with Crippen molar-refractivity contribution in [3.63, 3.8) is 0 Å². The van der Waals surface area contributed by atoms with Gasteiger partial charge in [0.05, 0.1) is 16.4 Å². The van der Waals surface area contributed by atoms with Crippen molar-refractivity contribution in [1.82, 2.24) is 0 Å². The van der Waals surface area contributed by atoms with Gasteiger partial charge in [-0.3, -0.25) is 0 Å². The van der Waals surface area contributed by atoms with Gasteiger partial charge in [0.1, 0.15) is 5.82 Å². The molecule has 0 heterocycles. The van der Waals surface area contributed by atoms with Crippen LogP contribution >= 0.6 is 11.6 Å². The molecule has 0 saturated carbocycles. The second-order valence-corrected chi connectivity index (χ2v) is 5.07. The highest BCUT2D eigenvalue weighted by Gasteiger charge is 2.10. The van der Waals surface area contributed by atoms with Crippen molar-refractivity contribution < 1.29 is 4.39 Å². The summed E-state index contributed by atoms with van der Waals surface area (Å²) in [6.45, 7) is 2.73. The number of benzene rings is 2. The topological polar surface area (TPSA) is 29.3 Å². The molecule has 4 heteroatoms. The lowest BCUT2D eigenvalue weighted by molar-refractivity contribution is 0.628. The van der Waals surface area contributed by atoms with Gasteiger partial charge in [-0.1, -0.05) is 41.4 Å². The molecule has 0 fully saturated rings. The standard InChI is InChI=1S/C15H16ClFN2/c1-10-3-5-11(6-4-10)9-19(2)15-7-12(16)13(17)8-14(15)18/h3-8H,9,18H2,1-2H3.